The molecule has 1 aliphatic heterocycles. The fourth-order valence-corrected chi connectivity index (χ4v) is 1.73. The second-order valence-electron chi connectivity index (χ2n) is 3.17. The van der Waals surface area contributed by atoms with E-state index in [-0.39, 0.29) is 11.9 Å². The third-order valence-corrected chi connectivity index (χ3v) is 2.62. The van der Waals surface area contributed by atoms with Crippen molar-refractivity contribution in [2.45, 2.75) is 18.9 Å². The van der Waals surface area contributed by atoms with Crippen molar-refractivity contribution in [3.63, 3.8) is 0 Å². The number of amides is 1. The molecule has 0 saturated carbocycles. The molecule has 1 fully saturated rings. The van der Waals surface area contributed by atoms with Crippen LogP contribution >= 0.6 is 0 Å². The van der Waals surface area contributed by atoms with E-state index in [1.54, 1.807) is 4.90 Å². The van der Waals surface area contributed by atoms with Crippen LogP contribution in [0.4, 0.5) is 0 Å². The predicted octanol–water partition coefficient (Wildman–Crippen LogP) is -1.18. The molecule has 1 aliphatic rings. The first kappa shape index (κ1) is 10.6. The summed E-state index contributed by atoms with van der Waals surface area (Å²) < 4.78 is 20.5. The van der Waals surface area contributed by atoms with Gasteiger partial charge in [-0.25, -0.2) is 0 Å². The summed E-state index contributed by atoms with van der Waals surface area (Å²) in [4.78, 5) is 12.8. The van der Waals surface area contributed by atoms with Crippen molar-refractivity contribution < 1.29 is 13.6 Å². The van der Waals surface area contributed by atoms with Crippen molar-refractivity contribution in [3.05, 3.63) is 0 Å². The summed E-state index contributed by atoms with van der Waals surface area (Å²) in [5.74, 6) is -0.727. The highest BCUT2D eigenvalue weighted by atomic mass is 32.2. The molecule has 1 saturated heterocycles. The Morgan fingerprint density at radius 3 is 2.54 bits per heavy atom. The molecule has 0 aromatic rings. The maximum Gasteiger partial charge on any atom is 0.234 e. The Morgan fingerprint density at radius 1 is 1.54 bits per heavy atom. The lowest BCUT2D eigenvalue weighted by Gasteiger charge is -2.30. The Morgan fingerprint density at radius 2 is 2.08 bits per heavy atom. The van der Waals surface area contributed by atoms with Crippen LogP contribution in [0.3, 0.4) is 0 Å². The molecule has 0 aromatic heterocycles. The minimum Gasteiger partial charge on any atom is -0.772 e. The topological polar surface area (TPSA) is 86.5 Å². The van der Waals surface area contributed by atoms with Crippen LogP contribution in [0.1, 0.15) is 12.8 Å². The highest BCUT2D eigenvalue weighted by molar-refractivity contribution is 7.79. The number of rotatable bonds is 2. The van der Waals surface area contributed by atoms with Crippen molar-refractivity contribution >= 4 is 17.0 Å². The van der Waals surface area contributed by atoms with Gasteiger partial charge in [0.1, 0.15) is 0 Å². The molecule has 13 heavy (non-hydrogen) atoms. The first-order valence-corrected chi connectivity index (χ1v) is 5.43. The minimum atomic E-state index is -2.28. The van der Waals surface area contributed by atoms with Crippen LogP contribution in [-0.2, 0) is 15.9 Å². The molecule has 5 nitrogen and oxygen atoms in total. The standard InChI is InChI=1S/C7H14N2O3S/c8-6-1-3-9(4-2-6)7(10)5-13(11)12/h6H,1-5,8H2,(H,11,12)/p-1. The number of piperidine rings is 1. The summed E-state index contributed by atoms with van der Waals surface area (Å²) >= 11 is -2.28. The van der Waals surface area contributed by atoms with Gasteiger partial charge in [-0.15, -0.1) is 0 Å². The van der Waals surface area contributed by atoms with Crippen LogP contribution in [0.15, 0.2) is 0 Å². The van der Waals surface area contributed by atoms with E-state index in [0.29, 0.717) is 13.1 Å². The molecule has 2 N–H and O–H groups in total. The Kier molecular flexibility index (Phi) is 3.83. The summed E-state index contributed by atoms with van der Waals surface area (Å²) in [5, 5.41) is 0. The van der Waals surface area contributed by atoms with E-state index in [2.05, 4.69) is 0 Å². The van der Waals surface area contributed by atoms with E-state index in [1.165, 1.54) is 0 Å². The molecule has 76 valence electrons. The maximum absolute atomic E-state index is 11.2. The quantitative estimate of drug-likeness (QED) is 0.575. The van der Waals surface area contributed by atoms with Crippen molar-refractivity contribution in [1.29, 1.82) is 0 Å². The van der Waals surface area contributed by atoms with Crippen molar-refractivity contribution in [1.82, 2.24) is 4.90 Å². The Hall–Kier alpha value is -0.460. The van der Waals surface area contributed by atoms with Gasteiger partial charge in [-0.1, -0.05) is 0 Å². The van der Waals surface area contributed by atoms with Gasteiger partial charge in [-0.05, 0) is 23.9 Å². The number of likely N-dealkylation sites (tertiary alicyclic amines) is 1. The van der Waals surface area contributed by atoms with Gasteiger partial charge in [-0.3, -0.25) is 9.00 Å². The van der Waals surface area contributed by atoms with Crippen LogP contribution in [0.5, 0.6) is 0 Å². The highest BCUT2D eigenvalue weighted by Gasteiger charge is 2.19. The zero-order valence-corrected chi connectivity index (χ0v) is 8.09. The number of hydrogen-bond acceptors (Lipinski definition) is 4. The van der Waals surface area contributed by atoms with Crippen molar-refractivity contribution in [2.24, 2.45) is 5.73 Å². The largest absolute Gasteiger partial charge is 0.772 e. The molecule has 1 amide bonds. The average molecular weight is 205 g/mol. The second kappa shape index (κ2) is 4.69. The van der Waals surface area contributed by atoms with Crippen LogP contribution < -0.4 is 5.73 Å². The molecule has 1 atom stereocenters. The fourth-order valence-electron chi connectivity index (χ4n) is 1.34. The molecule has 0 bridgehead atoms. The first-order chi connectivity index (χ1) is 6.09. The molecule has 0 aliphatic carbocycles. The number of hydrogen-bond donors (Lipinski definition) is 1. The Labute approximate surface area is 79.6 Å². The summed E-state index contributed by atoms with van der Waals surface area (Å²) in [6, 6.07) is 0.154. The number of nitrogens with zero attached hydrogens (tertiary/aromatic N) is 1. The van der Waals surface area contributed by atoms with Gasteiger partial charge >= 0.3 is 0 Å². The van der Waals surface area contributed by atoms with E-state index in [1.807, 2.05) is 0 Å². The smallest absolute Gasteiger partial charge is 0.234 e. The van der Waals surface area contributed by atoms with E-state index >= 15 is 0 Å². The fraction of sp³-hybridized carbons (Fsp3) is 0.857. The van der Waals surface area contributed by atoms with Gasteiger partial charge in [-0.2, -0.15) is 0 Å². The molecule has 0 aromatic carbocycles. The zero-order valence-electron chi connectivity index (χ0n) is 7.27. The van der Waals surface area contributed by atoms with E-state index in [4.69, 9.17) is 5.73 Å². The van der Waals surface area contributed by atoms with Gasteiger partial charge in [0.25, 0.3) is 0 Å². The summed E-state index contributed by atoms with van der Waals surface area (Å²) in [6.07, 6.45) is 1.52. The molecule has 0 radical (unpaired) electrons. The minimum absolute atomic E-state index is 0.154. The van der Waals surface area contributed by atoms with Crippen LogP contribution in [0, 0.1) is 0 Å². The first-order valence-electron chi connectivity index (χ1n) is 4.19. The SMILES string of the molecule is NC1CCN(C(=O)CS(=O)[O-])CC1. The van der Waals surface area contributed by atoms with Gasteiger partial charge in [0.05, 0.1) is 5.75 Å². The van der Waals surface area contributed by atoms with Gasteiger partial charge in [0.15, 0.2) is 0 Å². The predicted molar refractivity (Wildman–Crippen MR) is 47.6 cm³/mol. The van der Waals surface area contributed by atoms with Crippen molar-refractivity contribution in [3.8, 4) is 0 Å². The monoisotopic (exact) mass is 205 g/mol. The van der Waals surface area contributed by atoms with Crippen LogP contribution in [0.25, 0.3) is 0 Å². The molecule has 1 unspecified atom stereocenters. The lowest BCUT2D eigenvalue weighted by molar-refractivity contribution is -0.129. The summed E-state index contributed by atoms with van der Waals surface area (Å²) in [5.41, 5.74) is 5.64. The average Bonchev–Trinajstić information content (AvgIpc) is 2.04. The molecule has 0 spiro atoms. The van der Waals surface area contributed by atoms with Gasteiger partial charge in [0, 0.05) is 19.1 Å². The van der Waals surface area contributed by atoms with E-state index < -0.39 is 16.8 Å². The molecule has 6 heteroatoms. The maximum atomic E-state index is 11.2. The second-order valence-corrected chi connectivity index (χ2v) is 4.06. The number of nitrogens with two attached hydrogens (primary N) is 1. The van der Waals surface area contributed by atoms with Crippen LogP contribution in [0.2, 0.25) is 0 Å². The normalized spacial score (nSPS) is 21.5. The van der Waals surface area contributed by atoms with Crippen molar-refractivity contribution in [2.75, 3.05) is 18.8 Å². The van der Waals surface area contributed by atoms with E-state index in [0.717, 1.165) is 12.8 Å². The molecule has 1 rings (SSSR count). The third kappa shape index (κ3) is 3.41. The highest BCUT2D eigenvalue weighted by Crippen LogP contribution is 2.08. The number of carbonyl (C=O) groups excluding carboxylic acids is 1. The lowest BCUT2D eigenvalue weighted by atomic mass is 10.1. The van der Waals surface area contributed by atoms with Crippen LogP contribution in [-0.4, -0.2) is 44.5 Å². The number of carbonyl (C=O) groups is 1. The summed E-state index contributed by atoms with van der Waals surface area (Å²) in [7, 11) is 0. The molecule has 1 heterocycles. The zero-order chi connectivity index (χ0) is 9.84. The lowest BCUT2D eigenvalue weighted by Crippen LogP contribution is -2.44. The Balaban J connectivity index is 2.36. The molecular weight excluding hydrogens is 192 g/mol. The molecular formula is C7H13N2O3S-. The van der Waals surface area contributed by atoms with Gasteiger partial charge < -0.3 is 15.2 Å². The van der Waals surface area contributed by atoms with E-state index in [9.17, 15) is 13.6 Å². The summed E-state index contributed by atoms with van der Waals surface area (Å²) in [6.45, 7) is 1.16. The van der Waals surface area contributed by atoms with Gasteiger partial charge in [0.2, 0.25) is 5.91 Å². The Bertz CT molecular complexity index is 214. The third-order valence-electron chi connectivity index (χ3n) is 2.13.